The molecular weight excluding hydrogens is 414 g/mol. The van der Waals surface area contributed by atoms with E-state index in [4.69, 9.17) is 10.2 Å². The first kappa shape index (κ1) is 22.0. The average Bonchev–Trinajstić information content (AvgIpc) is 3.23. The van der Waals surface area contributed by atoms with Gasteiger partial charge in [0.25, 0.3) is 5.91 Å². The zero-order chi connectivity index (χ0) is 22.4. The number of hydrogen-bond donors (Lipinski definition) is 2. The number of aromatic nitrogens is 1. The van der Waals surface area contributed by atoms with Gasteiger partial charge < -0.3 is 15.5 Å². The van der Waals surface area contributed by atoms with Crippen LogP contribution in [0.15, 0.2) is 87.1 Å². The molecule has 7 nitrogen and oxygen atoms in total. The molecule has 0 aliphatic rings. The third kappa shape index (κ3) is 4.92. The zero-order valence-corrected chi connectivity index (χ0v) is 18.0. The first-order valence-electron chi connectivity index (χ1n) is 9.76. The average molecular weight is 438 g/mol. The predicted molar refractivity (Wildman–Crippen MR) is 119 cm³/mol. The maximum absolute atomic E-state index is 12.6. The highest BCUT2D eigenvalue weighted by atomic mass is 32.2. The zero-order valence-electron chi connectivity index (χ0n) is 17.2. The number of fused-ring (bicyclic) bond motifs is 1. The molecule has 2 aromatic carbocycles. The van der Waals surface area contributed by atoms with E-state index in [0.29, 0.717) is 16.8 Å². The van der Waals surface area contributed by atoms with E-state index in [2.05, 4.69) is 10.3 Å². The fourth-order valence-corrected chi connectivity index (χ4v) is 4.15. The summed E-state index contributed by atoms with van der Waals surface area (Å²) < 4.78 is 30.7. The molecule has 3 N–H and O–H groups in total. The lowest BCUT2D eigenvalue weighted by atomic mass is 10.2. The van der Waals surface area contributed by atoms with Crippen LogP contribution in [0, 0.1) is 0 Å². The quantitative estimate of drug-likeness (QED) is 0.483. The minimum Gasteiger partial charge on any atom is -0.449 e. The van der Waals surface area contributed by atoms with Crippen LogP contribution in [0.4, 0.5) is 5.82 Å². The van der Waals surface area contributed by atoms with Crippen molar-refractivity contribution in [3.8, 4) is 0 Å². The number of nitrogens with two attached hydrogens (primary N) is 1. The number of hydrogen-bond acceptors (Lipinski definition) is 6. The molecule has 0 unspecified atom stereocenters. The molecule has 0 fully saturated rings. The second-order valence-electron chi connectivity index (χ2n) is 6.40. The van der Waals surface area contributed by atoms with Crippen LogP contribution in [0.2, 0.25) is 0 Å². The summed E-state index contributed by atoms with van der Waals surface area (Å²) in [5, 5.41) is 3.44. The van der Waals surface area contributed by atoms with E-state index in [1.807, 2.05) is 13.8 Å². The molecule has 0 aliphatic heterocycles. The lowest BCUT2D eigenvalue weighted by Crippen LogP contribution is -2.22. The third-order valence-corrected chi connectivity index (χ3v) is 6.17. The molecule has 1 amide bonds. The maximum atomic E-state index is 12.6. The van der Waals surface area contributed by atoms with E-state index in [1.165, 1.54) is 18.3 Å². The minimum absolute atomic E-state index is 0.149. The topological polar surface area (TPSA) is 115 Å². The number of nitrogens with one attached hydrogen (secondary N) is 1. The maximum Gasteiger partial charge on any atom is 0.287 e. The first-order valence-corrected chi connectivity index (χ1v) is 11.2. The monoisotopic (exact) mass is 437 g/mol. The second kappa shape index (κ2) is 9.44. The molecule has 0 atom stereocenters. The molecule has 31 heavy (non-hydrogen) atoms. The van der Waals surface area contributed by atoms with Gasteiger partial charge in [0.2, 0.25) is 9.84 Å². The van der Waals surface area contributed by atoms with Crippen LogP contribution >= 0.6 is 0 Å². The standard InChI is InChI=1S/C21H17N3O4S.C2H6/c22-20-11-15-10-18(28-19(15)13-23-20)21(25)24-12-14-6-8-17(9-7-14)29(26,27)16-4-2-1-3-5-16;1-2/h1-11,13H,12H2,(H2,22,23)(H,24,25);1-2H3. The Hall–Kier alpha value is -3.65. The molecule has 0 saturated carbocycles. The van der Waals surface area contributed by atoms with Crippen LogP contribution in [0.5, 0.6) is 0 Å². The van der Waals surface area contributed by atoms with E-state index in [9.17, 15) is 13.2 Å². The van der Waals surface area contributed by atoms with Crippen LogP contribution in [-0.4, -0.2) is 19.3 Å². The van der Waals surface area contributed by atoms with Gasteiger partial charge in [-0.05, 0) is 42.0 Å². The van der Waals surface area contributed by atoms with E-state index >= 15 is 0 Å². The number of nitrogens with zero attached hydrogens (tertiary/aromatic N) is 1. The van der Waals surface area contributed by atoms with Gasteiger partial charge in [0.15, 0.2) is 11.3 Å². The predicted octanol–water partition coefficient (Wildman–Crippen LogP) is 4.20. The number of rotatable bonds is 5. The van der Waals surface area contributed by atoms with E-state index in [-0.39, 0.29) is 28.0 Å². The highest BCUT2D eigenvalue weighted by molar-refractivity contribution is 7.91. The van der Waals surface area contributed by atoms with Crippen molar-refractivity contribution in [1.82, 2.24) is 10.3 Å². The summed E-state index contributed by atoms with van der Waals surface area (Å²) in [6.07, 6.45) is 1.47. The van der Waals surface area contributed by atoms with Crippen LogP contribution in [-0.2, 0) is 16.4 Å². The summed E-state index contributed by atoms with van der Waals surface area (Å²) >= 11 is 0. The highest BCUT2D eigenvalue weighted by Crippen LogP contribution is 2.22. The molecular formula is C23H23N3O4S. The Balaban J connectivity index is 0.00000132. The van der Waals surface area contributed by atoms with Crippen molar-refractivity contribution in [3.05, 3.63) is 84.3 Å². The van der Waals surface area contributed by atoms with Crippen LogP contribution in [0.25, 0.3) is 11.0 Å². The Bertz CT molecular complexity index is 1280. The number of furan rings is 1. The summed E-state index contributed by atoms with van der Waals surface area (Å²) in [6, 6.07) is 17.8. The van der Waals surface area contributed by atoms with E-state index in [1.54, 1.807) is 54.6 Å². The summed E-state index contributed by atoms with van der Waals surface area (Å²) in [5.74, 6) is 0.104. The lowest BCUT2D eigenvalue weighted by Gasteiger charge is -2.07. The lowest BCUT2D eigenvalue weighted by molar-refractivity contribution is 0.0925. The van der Waals surface area contributed by atoms with Crippen molar-refractivity contribution in [2.45, 2.75) is 30.2 Å². The van der Waals surface area contributed by atoms with Gasteiger partial charge in [0.1, 0.15) is 5.82 Å². The Morgan fingerprint density at radius 1 is 1.00 bits per heavy atom. The van der Waals surface area contributed by atoms with Crippen LogP contribution in [0.3, 0.4) is 0 Å². The molecule has 160 valence electrons. The first-order chi connectivity index (χ1) is 14.9. The van der Waals surface area contributed by atoms with Crippen molar-refractivity contribution in [1.29, 1.82) is 0 Å². The molecule has 0 radical (unpaired) electrons. The van der Waals surface area contributed by atoms with E-state index < -0.39 is 9.84 Å². The second-order valence-corrected chi connectivity index (χ2v) is 8.35. The van der Waals surface area contributed by atoms with Crippen molar-refractivity contribution >= 4 is 32.5 Å². The molecule has 4 aromatic rings. The number of benzene rings is 2. The van der Waals surface area contributed by atoms with Crippen molar-refractivity contribution in [2.75, 3.05) is 5.73 Å². The summed E-state index contributed by atoms with van der Waals surface area (Å²) in [7, 11) is -3.57. The Morgan fingerprint density at radius 3 is 2.32 bits per heavy atom. The minimum atomic E-state index is -3.57. The van der Waals surface area contributed by atoms with E-state index in [0.717, 1.165) is 5.56 Å². The van der Waals surface area contributed by atoms with Crippen molar-refractivity contribution < 1.29 is 17.6 Å². The van der Waals surface area contributed by atoms with Crippen molar-refractivity contribution in [2.24, 2.45) is 0 Å². The number of sulfone groups is 1. The summed E-state index contributed by atoms with van der Waals surface area (Å²) in [4.78, 5) is 16.7. The van der Waals surface area contributed by atoms with Gasteiger partial charge in [-0.2, -0.15) is 0 Å². The number of anilines is 1. The molecule has 0 saturated heterocycles. The van der Waals surface area contributed by atoms with Gasteiger partial charge in [-0.3, -0.25) is 4.79 Å². The number of pyridine rings is 1. The molecule has 2 heterocycles. The number of amides is 1. The summed E-state index contributed by atoms with van der Waals surface area (Å²) in [5.41, 5.74) is 6.86. The summed E-state index contributed by atoms with van der Waals surface area (Å²) in [6.45, 7) is 4.22. The Kier molecular flexibility index (Phi) is 6.71. The third-order valence-electron chi connectivity index (χ3n) is 4.39. The fraction of sp³-hybridized carbons (Fsp3) is 0.130. The molecule has 4 rings (SSSR count). The Labute approximate surface area is 180 Å². The van der Waals surface area contributed by atoms with Gasteiger partial charge in [-0.1, -0.05) is 44.2 Å². The molecule has 0 spiro atoms. The number of carbonyl (C=O) groups excluding carboxylic acids is 1. The van der Waals surface area contributed by atoms with Gasteiger partial charge in [-0.25, -0.2) is 13.4 Å². The fourth-order valence-electron chi connectivity index (χ4n) is 2.87. The number of carbonyl (C=O) groups is 1. The normalized spacial score (nSPS) is 10.9. The molecule has 0 bridgehead atoms. The van der Waals surface area contributed by atoms with Gasteiger partial charge in [0.05, 0.1) is 16.0 Å². The molecule has 8 heteroatoms. The van der Waals surface area contributed by atoms with Crippen molar-refractivity contribution in [3.63, 3.8) is 0 Å². The molecule has 2 aromatic heterocycles. The Morgan fingerprint density at radius 2 is 1.65 bits per heavy atom. The van der Waals surface area contributed by atoms with Gasteiger partial charge >= 0.3 is 0 Å². The smallest absolute Gasteiger partial charge is 0.287 e. The largest absolute Gasteiger partial charge is 0.449 e. The highest BCUT2D eigenvalue weighted by Gasteiger charge is 2.17. The number of nitrogen functional groups attached to an aromatic ring is 1. The van der Waals surface area contributed by atoms with Crippen LogP contribution in [0.1, 0.15) is 30.0 Å². The SMILES string of the molecule is CC.Nc1cc2cc(C(=O)NCc3ccc(S(=O)(=O)c4ccccc4)cc3)oc2cn1. The van der Waals surface area contributed by atoms with Gasteiger partial charge in [0, 0.05) is 11.9 Å². The molecule has 0 aliphatic carbocycles. The van der Waals surface area contributed by atoms with Crippen LogP contribution < -0.4 is 11.1 Å². The van der Waals surface area contributed by atoms with Gasteiger partial charge in [-0.15, -0.1) is 0 Å².